The van der Waals surface area contributed by atoms with E-state index < -0.39 is 0 Å². The topological polar surface area (TPSA) is 9.23 Å². The van der Waals surface area contributed by atoms with E-state index in [1.54, 1.807) is 7.11 Å². The van der Waals surface area contributed by atoms with Crippen LogP contribution in [0.3, 0.4) is 0 Å². The van der Waals surface area contributed by atoms with E-state index in [0.29, 0.717) is 0 Å². The Morgan fingerprint density at radius 1 is 1.36 bits per heavy atom. The Kier molecular flexibility index (Phi) is 3.52. The second-order valence-corrected chi connectivity index (χ2v) is 3.10. The second kappa shape index (κ2) is 4.66. The van der Waals surface area contributed by atoms with Crippen molar-refractivity contribution in [2.24, 2.45) is 0 Å². The molecule has 1 nitrogen and oxygen atoms in total. The van der Waals surface area contributed by atoms with Crippen molar-refractivity contribution < 1.29 is 4.74 Å². The predicted molar refractivity (Wildman–Crippen MR) is 62.5 cm³/mol. The Morgan fingerprint density at radius 3 is 2.57 bits per heavy atom. The number of hydrogen-bond acceptors (Lipinski definition) is 1. The van der Waals surface area contributed by atoms with Crippen LogP contribution in [0.5, 0.6) is 5.75 Å². The van der Waals surface area contributed by atoms with Crippen LogP contribution >= 0.6 is 0 Å². The molecular weight excluding hydrogens is 172 g/mol. The third-order valence-electron chi connectivity index (χ3n) is 2.27. The average Bonchev–Trinajstić information content (AvgIpc) is 2.21. The van der Waals surface area contributed by atoms with Crippen molar-refractivity contribution in [1.29, 1.82) is 0 Å². The van der Waals surface area contributed by atoms with Crippen LogP contribution in [0.15, 0.2) is 24.8 Å². The van der Waals surface area contributed by atoms with Gasteiger partial charge in [0.1, 0.15) is 5.75 Å². The van der Waals surface area contributed by atoms with Crippen LogP contribution in [0.1, 0.15) is 23.6 Å². The van der Waals surface area contributed by atoms with Gasteiger partial charge in [0.05, 0.1) is 7.11 Å². The van der Waals surface area contributed by atoms with E-state index in [0.717, 1.165) is 16.9 Å². The first-order valence-electron chi connectivity index (χ1n) is 4.67. The summed E-state index contributed by atoms with van der Waals surface area (Å²) in [4.78, 5) is 0. The van der Waals surface area contributed by atoms with Crippen LogP contribution in [-0.4, -0.2) is 7.11 Å². The summed E-state index contributed by atoms with van der Waals surface area (Å²) in [5, 5.41) is 0. The molecule has 0 unspecified atom stereocenters. The van der Waals surface area contributed by atoms with Gasteiger partial charge in [-0.25, -0.2) is 0 Å². The molecule has 0 spiro atoms. The van der Waals surface area contributed by atoms with Gasteiger partial charge in [-0.15, -0.1) is 0 Å². The predicted octanol–water partition coefficient (Wildman–Crippen LogP) is 3.68. The lowest BCUT2D eigenvalue weighted by Gasteiger charge is -2.10. The first kappa shape index (κ1) is 10.6. The van der Waals surface area contributed by atoms with E-state index in [1.807, 2.05) is 31.2 Å². The number of methoxy groups -OCH3 is 1. The average molecular weight is 188 g/mol. The quantitative estimate of drug-likeness (QED) is 0.703. The highest BCUT2D eigenvalue weighted by Crippen LogP contribution is 2.26. The zero-order valence-corrected chi connectivity index (χ0v) is 9.00. The van der Waals surface area contributed by atoms with E-state index >= 15 is 0 Å². The summed E-state index contributed by atoms with van der Waals surface area (Å²) in [7, 11) is 1.69. The molecule has 0 saturated heterocycles. The molecular formula is C13H16O. The van der Waals surface area contributed by atoms with E-state index in [4.69, 9.17) is 4.74 Å². The molecule has 1 rings (SSSR count). The maximum atomic E-state index is 5.26. The van der Waals surface area contributed by atoms with E-state index in [1.165, 1.54) is 5.56 Å². The molecule has 0 aliphatic rings. The number of rotatable bonds is 3. The SMILES string of the molecule is C=Cc1ccc(OC)c(C)c1/C=C\C. The lowest BCUT2D eigenvalue weighted by Crippen LogP contribution is -1.92. The summed E-state index contributed by atoms with van der Waals surface area (Å²) in [5.41, 5.74) is 3.48. The maximum absolute atomic E-state index is 5.26. The lowest BCUT2D eigenvalue weighted by molar-refractivity contribution is 0.411. The van der Waals surface area contributed by atoms with Gasteiger partial charge in [0.2, 0.25) is 0 Å². The molecule has 74 valence electrons. The van der Waals surface area contributed by atoms with Gasteiger partial charge in [0.15, 0.2) is 0 Å². The van der Waals surface area contributed by atoms with Crippen LogP contribution in [0, 0.1) is 6.92 Å². The molecule has 0 aromatic heterocycles. The number of benzene rings is 1. The molecule has 1 aromatic carbocycles. The first-order chi connectivity index (χ1) is 6.74. The van der Waals surface area contributed by atoms with Gasteiger partial charge < -0.3 is 4.74 Å². The van der Waals surface area contributed by atoms with Gasteiger partial charge in [0, 0.05) is 0 Å². The summed E-state index contributed by atoms with van der Waals surface area (Å²) in [6, 6.07) is 3.99. The van der Waals surface area contributed by atoms with Crippen LogP contribution in [0.2, 0.25) is 0 Å². The van der Waals surface area contributed by atoms with Crippen molar-refractivity contribution in [1.82, 2.24) is 0 Å². The van der Waals surface area contributed by atoms with E-state index in [2.05, 4.69) is 19.6 Å². The summed E-state index contributed by atoms with van der Waals surface area (Å²) < 4.78 is 5.26. The zero-order chi connectivity index (χ0) is 10.6. The minimum atomic E-state index is 0.920. The summed E-state index contributed by atoms with van der Waals surface area (Å²) in [6.07, 6.45) is 5.96. The fraction of sp³-hybridized carbons (Fsp3) is 0.231. The van der Waals surface area contributed by atoms with Crippen molar-refractivity contribution in [2.45, 2.75) is 13.8 Å². The monoisotopic (exact) mass is 188 g/mol. The molecule has 0 amide bonds. The molecule has 1 heteroatoms. The highest BCUT2D eigenvalue weighted by Gasteiger charge is 2.05. The number of hydrogen-bond donors (Lipinski definition) is 0. The molecule has 0 heterocycles. The minimum Gasteiger partial charge on any atom is -0.496 e. The Hall–Kier alpha value is -1.50. The molecule has 0 fully saturated rings. The molecule has 0 atom stereocenters. The van der Waals surface area contributed by atoms with Gasteiger partial charge in [-0.1, -0.05) is 30.9 Å². The van der Waals surface area contributed by atoms with Gasteiger partial charge in [-0.3, -0.25) is 0 Å². The third kappa shape index (κ3) is 1.87. The smallest absolute Gasteiger partial charge is 0.122 e. The van der Waals surface area contributed by atoms with Crippen molar-refractivity contribution in [3.05, 3.63) is 41.5 Å². The summed E-state index contributed by atoms with van der Waals surface area (Å²) >= 11 is 0. The molecule has 0 aliphatic carbocycles. The molecule has 0 N–H and O–H groups in total. The number of allylic oxidation sites excluding steroid dienone is 1. The maximum Gasteiger partial charge on any atom is 0.122 e. The van der Waals surface area contributed by atoms with Gasteiger partial charge in [0.25, 0.3) is 0 Å². The molecule has 0 aliphatic heterocycles. The second-order valence-electron chi connectivity index (χ2n) is 3.10. The van der Waals surface area contributed by atoms with E-state index in [-0.39, 0.29) is 0 Å². The van der Waals surface area contributed by atoms with Crippen molar-refractivity contribution >= 4 is 12.2 Å². The molecule has 0 saturated carbocycles. The van der Waals surface area contributed by atoms with Crippen molar-refractivity contribution in [3.8, 4) is 5.75 Å². The normalized spacial score (nSPS) is 10.5. The largest absolute Gasteiger partial charge is 0.496 e. The minimum absolute atomic E-state index is 0.920. The fourth-order valence-electron chi connectivity index (χ4n) is 1.52. The Bertz CT molecular complexity index is 362. The van der Waals surface area contributed by atoms with Crippen LogP contribution in [0.4, 0.5) is 0 Å². The van der Waals surface area contributed by atoms with Crippen molar-refractivity contribution in [3.63, 3.8) is 0 Å². The summed E-state index contributed by atoms with van der Waals surface area (Å²) in [5.74, 6) is 0.920. The van der Waals surface area contributed by atoms with E-state index in [9.17, 15) is 0 Å². The van der Waals surface area contributed by atoms with Crippen LogP contribution in [-0.2, 0) is 0 Å². The molecule has 0 bridgehead atoms. The zero-order valence-electron chi connectivity index (χ0n) is 9.00. The summed E-state index contributed by atoms with van der Waals surface area (Å²) in [6.45, 7) is 7.86. The third-order valence-corrected chi connectivity index (χ3v) is 2.27. The molecule has 1 aromatic rings. The molecule has 14 heavy (non-hydrogen) atoms. The fourth-order valence-corrected chi connectivity index (χ4v) is 1.52. The number of ether oxygens (including phenoxy) is 1. The Balaban J connectivity index is 3.38. The highest BCUT2D eigenvalue weighted by atomic mass is 16.5. The highest BCUT2D eigenvalue weighted by molar-refractivity contribution is 5.69. The first-order valence-corrected chi connectivity index (χ1v) is 4.67. The Labute approximate surface area is 85.7 Å². The molecule has 0 radical (unpaired) electrons. The van der Waals surface area contributed by atoms with Crippen LogP contribution in [0.25, 0.3) is 12.2 Å². The van der Waals surface area contributed by atoms with Gasteiger partial charge in [-0.2, -0.15) is 0 Å². The van der Waals surface area contributed by atoms with Crippen molar-refractivity contribution in [2.75, 3.05) is 7.11 Å². The van der Waals surface area contributed by atoms with Gasteiger partial charge in [-0.05, 0) is 36.6 Å². The van der Waals surface area contributed by atoms with Gasteiger partial charge >= 0.3 is 0 Å². The lowest BCUT2D eigenvalue weighted by atomic mass is 10.0. The Morgan fingerprint density at radius 2 is 2.07 bits per heavy atom. The standard InChI is InChI=1S/C13H16O/c1-5-7-12-10(3)13(14-4)9-8-11(12)6-2/h5-9H,2H2,1,3-4H3/b7-5-. The van der Waals surface area contributed by atoms with Crippen LogP contribution < -0.4 is 4.74 Å².